The molecule has 0 aliphatic carbocycles. The molecular weight excluding hydrogens is 212 g/mol. The molecule has 0 fully saturated rings. The van der Waals surface area contributed by atoms with Crippen LogP contribution in [-0.2, 0) is 0 Å². The lowest BCUT2D eigenvalue weighted by molar-refractivity contribution is 0.304. The summed E-state index contributed by atoms with van der Waals surface area (Å²) in [5, 5.41) is 19.6. The highest BCUT2D eigenvalue weighted by atomic mass is 15.2. The Labute approximate surface area is 103 Å². The van der Waals surface area contributed by atoms with Gasteiger partial charge in [0.25, 0.3) is 0 Å². The Morgan fingerprint density at radius 2 is 1.82 bits per heavy atom. The Hall–Kier alpha value is -1.63. The smallest absolute Gasteiger partial charge is 0.163 e. The molecule has 4 heteroatoms. The Morgan fingerprint density at radius 1 is 1.18 bits per heavy atom. The fourth-order valence-electron chi connectivity index (χ4n) is 1.95. The van der Waals surface area contributed by atoms with E-state index in [2.05, 4.69) is 43.2 Å². The van der Waals surface area contributed by atoms with Crippen LogP contribution < -0.4 is 5.32 Å². The molecule has 1 aromatic rings. The van der Waals surface area contributed by atoms with Crippen LogP contribution in [0.1, 0.15) is 33.4 Å². The quantitative estimate of drug-likeness (QED) is 0.847. The van der Waals surface area contributed by atoms with Gasteiger partial charge in [0.1, 0.15) is 11.9 Å². The van der Waals surface area contributed by atoms with Gasteiger partial charge in [-0.05, 0) is 29.9 Å². The molecule has 4 nitrogen and oxygen atoms in total. The first-order valence-corrected chi connectivity index (χ1v) is 6.02. The maximum Gasteiger partial charge on any atom is 0.163 e. The molecule has 1 aromatic heterocycles. The number of hydrogen-bond donors (Lipinski definition) is 1. The van der Waals surface area contributed by atoms with E-state index in [-0.39, 0.29) is 0 Å². The third kappa shape index (κ3) is 4.03. The van der Waals surface area contributed by atoms with Gasteiger partial charge in [0, 0.05) is 6.54 Å². The molecule has 0 aromatic carbocycles. The van der Waals surface area contributed by atoms with Gasteiger partial charge in [0.2, 0.25) is 0 Å². The summed E-state index contributed by atoms with van der Waals surface area (Å²) >= 11 is 0. The van der Waals surface area contributed by atoms with Gasteiger partial charge < -0.3 is 5.32 Å². The molecule has 0 saturated heterocycles. The van der Waals surface area contributed by atoms with Crippen molar-refractivity contribution in [1.29, 1.82) is 5.26 Å². The SMILES string of the molecule is CC(C)C(CNc1ccc(C#N)nn1)C(C)C. The normalized spacial score (nSPS) is 10.9. The predicted octanol–water partition coefficient (Wildman–Crippen LogP) is 2.69. The van der Waals surface area contributed by atoms with E-state index in [4.69, 9.17) is 5.26 Å². The van der Waals surface area contributed by atoms with E-state index < -0.39 is 0 Å². The van der Waals surface area contributed by atoms with Crippen molar-refractivity contribution in [3.05, 3.63) is 17.8 Å². The average molecular weight is 232 g/mol. The second-order valence-electron chi connectivity index (χ2n) is 4.95. The molecule has 1 N–H and O–H groups in total. The van der Waals surface area contributed by atoms with Crippen molar-refractivity contribution in [2.45, 2.75) is 27.7 Å². The Bertz CT molecular complexity index is 367. The summed E-state index contributed by atoms with van der Waals surface area (Å²) in [6.07, 6.45) is 0. The summed E-state index contributed by atoms with van der Waals surface area (Å²) in [6, 6.07) is 5.42. The van der Waals surface area contributed by atoms with Gasteiger partial charge >= 0.3 is 0 Å². The van der Waals surface area contributed by atoms with Crippen molar-refractivity contribution in [2.75, 3.05) is 11.9 Å². The van der Waals surface area contributed by atoms with Crippen LogP contribution in [0.5, 0.6) is 0 Å². The summed E-state index contributed by atoms with van der Waals surface area (Å²) in [5.41, 5.74) is 0.347. The van der Waals surface area contributed by atoms with E-state index in [0.717, 1.165) is 12.4 Å². The highest BCUT2D eigenvalue weighted by Crippen LogP contribution is 2.20. The molecule has 1 heterocycles. The van der Waals surface area contributed by atoms with Crippen molar-refractivity contribution in [3.8, 4) is 6.07 Å². The lowest BCUT2D eigenvalue weighted by Crippen LogP contribution is -2.24. The predicted molar refractivity (Wildman–Crippen MR) is 68.4 cm³/mol. The fraction of sp³-hybridized carbons (Fsp3) is 0.615. The van der Waals surface area contributed by atoms with Crippen molar-refractivity contribution in [2.24, 2.45) is 17.8 Å². The summed E-state index contributed by atoms with van der Waals surface area (Å²) in [6.45, 7) is 9.82. The van der Waals surface area contributed by atoms with Crippen LogP contribution in [0.3, 0.4) is 0 Å². The maximum atomic E-state index is 8.62. The van der Waals surface area contributed by atoms with E-state index in [0.29, 0.717) is 23.4 Å². The first kappa shape index (κ1) is 13.4. The highest BCUT2D eigenvalue weighted by Gasteiger charge is 2.17. The van der Waals surface area contributed by atoms with Crippen LogP contribution in [0.2, 0.25) is 0 Å². The van der Waals surface area contributed by atoms with Crippen molar-refractivity contribution < 1.29 is 0 Å². The zero-order valence-electron chi connectivity index (χ0n) is 10.9. The molecule has 0 aliphatic rings. The van der Waals surface area contributed by atoms with Gasteiger partial charge in [-0.3, -0.25) is 0 Å². The molecular formula is C13H20N4. The van der Waals surface area contributed by atoms with Crippen LogP contribution in [0.25, 0.3) is 0 Å². The number of nitrogens with one attached hydrogen (secondary N) is 1. The van der Waals surface area contributed by atoms with E-state index in [9.17, 15) is 0 Å². The van der Waals surface area contributed by atoms with Crippen molar-refractivity contribution >= 4 is 5.82 Å². The zero-order valence-corrected chi connectivity index (χ0v) is 10.9. The van der Waals surface area contributed by atoms with Gasteiger partial charge in [-0.1, -0.05) is 27.7 Å². The lowest BCUT2D eigenvalue weighted by Gasteiger charge is -2.25. The summed E-state index contributed by atoms with van der Waals surface area (Å²) in [4.78, 5) is 0. The zero-order chi connectivity index (χ0) is 12.8. The number of aromatic nitrogens is 2. The number of anilines is 1. The molecule has 0 atom stereocenters. The molecule has 0 bridgehead atoms. The molecule has 0 unspecified atom stereocenters. The number of nitriles is 1. The molecule has 1 rings (SSSR count). The molecule has 0 radical (unpaired) electrons. The molecule has 17 heavy (non-hydrogen) atoms. The minimum Gasteiger partial charge on any atom is -0.368 e. The standard InChI is InChI=1S/C13H20N4/c1-9(2)12(10(3)4)8-15-13-6-5-11(7-14)16-17-13/h5-6,9-10,12H,8H2,1-4H3,(H,15,17). The van der Waals surface area contributed by atoms with Gasteiger partial charge in [0.05, 0.1) is 0 Å². The maximum absolute atomic E-state index is 8.62. The van der Waals surface area contributed by atoms with Crippen LogP contribution in [-0.4, -0.2) is 16.7 Å². The second-order valence-corrected chi connectivity index (χ2v) is 4.95. The number of nitrogens with zero attached hydrogens (tertiary/aromatic N) is 3. The topological polar surface area (TPSA) is 61.6 Å². The van der Waals surface area contributed by atoms with E-state index in [1.807, 2.05) is 6.07 Å². The molecule has 92 valence electrons. The van der Waals surface area contributed by atoms with Crippen molar-refractivity contribution in [3.63, 3.8) is 0 Å². The van der Waals surface area contributed by atoms with Crippen LogP contribution in [0.4, 0.5) is 5.82 Å². The number of rotatable bonds is 5. The van der Waals surface area contributed by atoms with Crippen molar-refractivity contribution in [1.82, 2.24) is 10.2 Å². The average Bonchev–Trinajstić information content (AvgIpc) is 2.29. The van der Waals surface area contributed by atoms with Gasteiger partial charge in [-0.15, -0.1) is 10.2 Å². The summed E-state index contributed by atoms with van der Waals surface area (Å²) < 4.78 is 0. The van der Waals surface area contributed by atoms with E-state index in [1.165, 1.54) is 0 Å². The van der Waals surface area contributed by atoms with Crippen LogP contribution in [0.15, 0.2) is 12.1 Å². The molecule has 0 aliphatic heterocycles. The Balaban J connectivity index is 2.57. The first-order valence-electron chi connectivity index (χ1n) is 6.02. The molecule has 0 saturated carbocycles. The molecule has 0 amide bonds. The first-order chi connectivity index (χ1) is 8.04. The molecule has 0 spiro atoms. The lowest BCUT2D eigenvalue weighted by atomic mass is 9.85. The fourth-order valence-corrected chi connectivity index (χ4v) is 1.95. The van der Waals surface area contributed by atoms with E-state index in [1.54, 1.807) is 12.1 Å². The third-order valence-corrected chi connectivity index (χ3v) is 3.01. The minimum absolute atomic E-state index is 0.347. The second kappa shape index (κ2) is 6.19. The highest BCUT2D eigenvalue weighted by molar-refractivity contribution is 5.35. The van der Waals surface area contributed by atoms with Crippen LogP contribution in [0, 0.1) is 29.1 Å². The summed E-state index contributed by atoms with van der Waals surface area (Å²) in [7, 11) is 0. The third-order valence-electron chi connectivity index (χ3n) is 3.01. The Morgan fingerprint density at radius 3 is 2.24 bits per heavy atom. The monoisotopic (exact) mass is 232 g/mol. The van der Waals surface area contributed by atoms with E-state index >= 15 is 0 Å². The van der Waals surface area contributed by atoms with Gasteiger partial charge in [0.15, 0.2) is 5.69 Å². The summed E-state index contributed by atoms with van der Waals surface area (Å²) in [5.74, 6) is 2.60. The largest absolute Gasteiger partial charge is 0.368 e. The van der Waals surface area contributed by atoms with Crippen LogP contribution >= 0.6 is 0 Å². The van der Waals surface area contributed by atoms with Gasteiger partial charge in [-0.2, -0.15) is 5.26 Å². The number of hydrogen-bond acceptors (Lipinski definition) is 4. The van der Waals surface area contributed by atoms with Gasteiger partial charge in [-0.25, -0.2) is 0 Å². The minimum atomic E-state index is 0.347. The Kier molecular flexibility index (Phi) is 4.89.